The number of imidazole rings is 3. The van der Waals surface area contributed by atoms with Crippen LogP contribution in [-0.4, -0.2) is 202 Å². The van der Waals surface area contributed by atoms with Gasteiger partial charge in [-0.1, -0.05) is 6.07 Å². The Kier molecular flexibility index (Phi) is 21.6. The molecule has 8 aromatic heterocycles. The second kappa shape index (κ2) is 30.7. The van der Waals surface area contributed by atoms with Crippen molar-refractivity contribution in [2.45, 2.75) is 63.9 Å². The van der Waals surface area contributed by atoms with Crippen LogP contribution in [0.3, 0.4) is 0 Å². The zero-order valence-corrected chi connectivity index (χ0v) is 59.5. The van der Waals surface area contributed by atoms with Gasteiger partial charge in [-0.05, 0) is 123 Å². The van der Waals surface area contributed by atoms with Crippen molar-refractivity contribution in [2.75, 3.05) is 137 Å². The summed E-state index contributed by atoms with van der Waals surface area (Å²) in [5.74, 6) is 3.08. The first-order valence-corrected chi connectivity index (χ1v) is 39.6. The minimum absolute atomic E-state index is 0.00408. The van der Waals surface area contributed by atoms with Crippen LogP contribution in [0.4, 0.5) is 49.5 Å². The summed E-state index contributed by atoms with van der Waals surface area (Å²) in [6, 6.07) is 23.4. The van der Waals surface area contributed by atoms with Crippen LogP contribution in [-0.2, 0) is 34.8 Å². The van der Waals surface area contributed by atoms with Gasteiger partial charge in [0.25, 0.3) is 19.3 Å². The highest BCUT2D eigenvalue weighted by Gasteiger charge is 2.49. The maximum Gasteiger partial charge on any atom is 0.282 e. The minimum Gasteiger partial charge on any atom is -0.472 e. The zero-order valence-electron chi connectivity index (χ0n) is 57.0. The Labute approximate surface area is 596 Å². The number of ether oxygens (including phenoxy) is 2. The smallest absolute Gasteiger partial charge is 0.282 e. The standard InChI is InChI=1S/C24H29F2N7O3S.C22H27F2N7O3S.C21H22F2N6O2S/c1-37(34,35)28-9-16-3-2-6-31(11-16)21-7-17(8-22(29-21)32-12-24(13-32)14-36-15-24)19-10-27-20-5-4-18(23(25)26)30-33(19)20;1-35(32,33)27-9-14-3-2-6-30(13-14)20-7-15(8-21(28-20)34-16-10-25-11-16)18-12-26-19-5-4-17(22(23)24)29-31(18)19;1-32(30,31)26-11-14-3-2-8-28(13-14)18-9-15(4-5-16(18)10-24)19-12-25-20-7-6-17(21(22)23)27-29(19)20/h4-5,7-8,10,16,23,28H,2-3,6,9,11-15H2,1H3;4-5,7-8,12,14,16,22,25,27H,2-3,6,9-11,13H2,1H3;4-7,9,12,14,21,26H,2-3,8,11,13H2,1H3. The fourth-order valence-electron chi connectivity index (χ4n) is 13.6. The fourth-order valence-corrected chi connectivity index (χ4v) is 15.3. The summed E-state index contributed by atoms with van der Waals surface area (Å²) in [6.07, 6.45) is 5.57. The first-order valence-electron chi connectivity index (χ1n) is 33.9. The van der Waals surface area contributed by atoms with Gasteiger partial charge in [-0.15, -0.1) is 0 Å². The van der Waals surface area contributed by atoms with Gasteiger partial charge in [-0.2, -0.15) is 25.5 Å². The molecule has 14 heterocycles. The summed E-state index contributed by atoms with van der Waals surface area (Å²) in [7, 11) is -9.81. The largest absolute Gasteiger partial charge is 0.472 e. The molecule has 0 aliphatic carbocycles. The summed E-state index contributed by atoms with van der Waals surface area (Å²) in [5.41, 5.74) is 5.67. The molecule has 1 spiro atoms. The number of benzene rings is 1. The van der Waals surface area contributed by atoms with Gasteiger partial charge in [0.15, 0.2) is 16.9 Å². The first-order chi connectivity index (χ1) is 49.7. The lowest BCUT2D eigenvalue weighted by Crippen LogP contribution is -2.66. The van der Waals surface area contributed by atoms with Gasteiger partial charge in [-0.3, -0.25) is 0 Å². The lowest BCUT2D eigenvalue weighted by molar-refractivity contribution is -0.127. The van der Waals surface area contributed by atoms with E-state index in [1.54, 1.807) is 42.9 Å². The van der Waals surface area contributed by atoms with Gasteiger partial charge in [0.2, 0.25) is 35.9 Å². The molecule has 1 aromatic carbocycles. The van der Waals surface area contributed by atoms with Crippen molar-refractivity contribution in [1.82, 2.24) is 73.2 Å². The fraction of sp³-hybridized carbons (Fsp3) is 0.478. The van der Waals surface area contributed by atoms with Gasteiger partial charge in [0, 0.05) is 108 Å². The predicted octanol–water partition coefficient (Wildman–Crippen LogP) is 7.15. The molecule has 4 N–H and O–H groups in total. The summed E-state index contributed by atoms with van der Waals surface area (Å²) < 4.78 is 172. The van der Waals surface area contributed by atoms with Crippen molar-refractivity contribution in [1.29, 1.82) is 5.26 Å². The monoisotopic (exact) mass is 1500 g/mol. The van der Waals surface area contributed by atoms with Gasteiger partial charge < -0.3 is 34.4 Å². The highest BCUT2D eigenvalue weighted by Crippen LogP contribution is 2.42. The molecule has 0 radical (unpaired) electrons. The number of aromatic nitrogens is 11. The molecule has 3 atom stereocenters. The second-order valence-electron chi connectivity index (χ2n) is 27.4. The van der Waals surface area contributed by atoms with Crippen molar-refractivity contribution in [2.24, 2.45) is 23.2 Å². The Morgan fingerprint density at radius 3 is 1.37 bits per heavy atom. The number of nitrogens with zero attached hydrogens (tertiary/aromatic N) is 16. The lowest BCUT2D eigenvalue weighted by atomic mass is 9.78. The molecule has 0 bridgehead atoms. The molecule has 104 heavy (non-hydrogen) atoms. The molecule has 37 heteroatoms. The van der Waals surface area contributed by atoms with E-state index in [0.717, 1.165) is 127 Å². The maximum absolute atomic E-state index is 13.4. The number of nitrogens with one attached hydrogen (secondary N) is 4. The Hall–Kier alpha value is -8.90. The molecular weight excluding hydrogens is 1420 g/mol. The van der Waals surface area contributed by atoms with E-state index in [4.69, 9.17) is 19.4 Å². The summed E-state index contributed by atoms with van der Waals surface area (Å²) in [5, 5.41) is 25.0. The molecule has 6 aliphatic heterocycles. The van der Waals surface area contributed by atoms with Crippen LogP contribution in [0.25, 0.3) is 50.7 Å². The number of anilines is 4. The SMILES string of the molecule is CS(=O)(=O)NCC1CCCN(c2cc(-c3cnc4ccc(C(F)F)nn34)cc(N3CC4(COC4)C3)n2)C1.CS(=O)(=O)NCC1CCCN(c2cc(-c3cnc4ccc(C(F)F)nn34)cc(OC3CNC3)n2)C1.CS(=O)(=O)NCC1CCCN(c2cc(-c3cnc4ccc(C(F)F)nn34)ccc2C#N)C1. The third-order valence-electron chi connectivity index (χ3n) is 19.1. The van der Waals surface area contributed by atoms with Crippen LogP contribution in [0.1, 0.15) is 80.4 Å². The van der Waals surface area contributed by atoms with Gasteiger partial charge in [-0.25, -0.2) is 99.2 Å². The zero-order chi connectivity index (χ0) is 73.2. The van der Waals surface area contributed by atoms with E-state index in [-0.39, 0.29) is 46.4 Å². The number of piperidine rings is 3. The molecule has 554 valence electrons. The molecule has 9 aromatic rings. The number of sulfonamides is 3. The molecule has 15 rings (SSSR count). The summed E-state index contributed by atoms with van der Waals surface area (Å²) in [4.78, 5) is 31.2. The highest BCUT2D eigenvalue weighted by molar-refractivity contribution is 7.89. The third kappa shape index (κ3) is 17.6. The first kappa shape index (κ1) is 73.4. The molecule has 6 fully saturated rings. The summed E-state index contributed by atoms with van der Waals surface area (Å²) in [6.45, 7) is 9.91. The van der Waals surface area contributed by atoms with E-state index < -0.39 is 49.3 Å². The Bertz CT molecular complexity index is 4990. The van der Waals surface area contributed by atoms with Crippen molar-refractivity contribution in [3.8, 4) is 45.7 Å². The number of hydrogen-bond donors (Lipinski definition) is 4. The van der Waals surface area contributed by atoms with Gasteiger partial charge in [0.1, 0.15) is 46.7 Å². The van der Waals surface area contributed by atoms with Crippen LogP contribution in [0.15, 0.2) is 97.5 Å². The van der Waals surface area contributed by atoms with E-state index in [1.165, 1.54) is 50.1 Å². The number of fused-ring (bicyclic) bond motifs is 3. The Morgan fingerprint density at radius 2 is 0.962 bits per heavy atom. The molecule has 0 saturated carbocycles. The Balaban J connectivity index is 0.000000139. The molecular formula is C67H78F6N20O8S3. The molecule has 6 saturated heterocycles. The second-order valence-corrected chi connectivity index (χ2v) is 32.9. The topological polar surface area (TPSA) is 322 Å². The van der Waals surface area contributed by atoms with Crippen LogP contribution >= 0.6 is 0 Å². The maximum atomic E-state index is 13.4. The van der Waals surface area contributed by atoms with E-state index in [9.17, 15) is 56.9 Å². The van der Waals surface area contributed by atoms with Crippen molar-refractivity contribution < 1.29 is 61.1 Å². The number of alkyl halides is 6. The van der Waals surface area contributed by atoms with Gasteiger partial charge in [0.05, 0.1) is 84.3 Å². The van der Waals surface area contributed by atoms with E-state index in [2.05, 4.69) is 75.4 Å². The quantitative estimate of drug-likeness (QED) is 0.0519. The molecule has 3 unspecified atom stereocenters. The third-order valence-corrected chi connectivity index (χ3v) is 21.2. The average Bonchev–Trinajstić information content (AvgIpc) is 0.825. The minimum atomic E-state index is -3.28. The normalized spacial score (nSPS) is 19.4. The lowest BCUT2D eigenvalue weighted by Gasteiger charge is -2.55. The number of halogens is 6. The van der Waals surface area contributed by atoms with E-state index in [0.29, 0.717) is 107 Å². The molecule has 6 aliphatic rings. The number of rotatable bonds is 21. The van der Waals surface area contributed by atoms with Crippen LogP contribution < -0.4 is 43.8 Å². The number of nitriles is 1. The van der Waals surface area contributed by atoms with Crippen molar-refractivity contribution >= 4 is 70.2 Å². The van der Waals surface area contributed by atoms with E-state index in [1.807, 2.05) is 24.3 Å². The van der Waals surface area contributed by atoms with E-state index >= 15 is 0 Å². The van der Waals surface area contributed by atoms with Crippen LogP contribution in [0.2, 0.25) is 0 Å². The Morgan fingerprint density at radius 1 is 0.548 bits per heavy atom. The van der Waals surface area contributed by atoms with Gasteiger partial charge >= 0.3 is 0 Å². The number of pyridine rings is 2. The summed E-state index contributed by atoms with van der Waals surface area (Å²) >= 11 is 0. The molecule has 0 amide bonds. The molecule has 28 nitrogen and oxygen atoms in total. The van der Waals surface area contributed by atoms with Crippen molar-refractivity contribution in [3.05, 3.63) is 120 Å². The highest BCUT2D eigenvalue weighted by atomic mass is 32.2. The predicted molar refractivity (Wildman–Crippen MR) is 377 cm³/mol. The van der Waals surface area contributed by atoms with Crippen LogP contribution in [0, 0.1) is 34.5 Å². The van der Waals surface area contributed by atoms with Crippen molar-refractivity contribution in [3.63, 3.8) is 0 Å². The van der Waals surface area contributed by atoms with Crippen LogP contribution in [0.5, 0.6) is 5.88 Å². The average molecular weight is 1500 g/mol. The number of hydrogen-bond acceptors (Lipinski definition) is 22.